The Morgan fingerprint density at radius 1 is 0.481 bits per heavy atom. The summed E-state index contributed by atoms with van der Waals surface area (Å²) in [5, 5.41) is 5.16. The summed E-state index contributed by atoms with van der Waals surface area (Å²) < 4.78 is 1.47. The van der Waals surface area contributed by atoms with Gasteiger partial charge >= 0.3 is 316 Å². The number of halogens is 1. The van der Waals surface area contributed by atoms with Crippen molar-refractivity contribution in [3.8, 4) is 22.3 Å². The van der Waals surface area contributed by atoms with Crippen LogP contribution in [0.5, 0.6) is 0 Å². The van der Waals surface area contributed by atoms with Crippen molar-refractivity contribution >= 4 is 48.1 Å². The van der Waals surface area contributed by atoms with Crippen LogP contribution < -0.4 is 0 Å². The van der Waals surface area contributed by atoms with Crippen LogP contribution in [0.25, 0.3) is 56.0 Å². The van der Waals surface area contributed by atoms with Crippen molar-refractivity contribution in [2.24, 2.45) is 0 Å². The van der Waals surface area contributed by atoms with E-state index in [0.29, 0.717) is 0 Å². The number of fused-ring (bicyclic) bond motifs is 4. The average Bonchev–Trinajstić information content (AvgIpc) is 3.71. The fourth-order valence-electron chi connectivity index (χ4n) is 10.5. The zero-order valence-corrected chi connectivity index (χ0v) is 34.8. The molecule has 0 saturated heterocycles. The SMILES string of the molecule is CC1=Cc2c(-c3cccc4ccccc34)cccc2[CH]1[Zr]([Cl])([CH2]c1ccccc1)([CH]1C(C)=Cc2c(-c3cccc4ccccc34)cccc21)[SiH](C)C. The van der Waals surface area contributed by atoms with Gasteiger partial charge in [-0.05, 0) is 0 Å². The molecule has 52 heavy (non-hydrogen) atoms. The standard InChI is InChI=1S/2C20H15.C7H7.C2H7Si.ClH.Zr/c2*1-14-12-16-8-5-11-19(20(16)13-14)18-10-4-7-15-6-2-3-9-17(15)18;1-7-5-3-2-4-6-7;1-3-2;;/h2*2-13H,1H3;2-6H,1H2;3H,1-2H3;1H;/q;;;;;+1/p-1. The summed E-state index contributed by atoms with van der Waals surface area (Å²) in [5.41, 5.74) is 15.2. The Kier molecular flexibility index (Phi) is 8.31. The van der Waals surface area contributed by atoms with Crippen LogP contribution in [0.3, 0.4) is 0 Å². The average molecular weight is 788 g/mol. The summed E-state index contributed by atoms with van der Waals surface area (Å²) in [7, 11) is 9.30. The van der Waals surface area contributed by atoms with Crippen LogP contribution in [-0.2, 0) is 20.9 Å². The molecule has 0 aliphatic heterocycles. The van der Waals surface area contributed by atoms with Gasteiger partial charge < -0.3 is 0 Å². The molecule has 7 aromatic carbocycles. The van der Waals surface area contributed by atoms with Gasteiger partial charge in [0.25, 0.3) is 0 Å². The van der Waals surface area contributed by atoms with E-state index in [1.54, 1.807) is 0 Å². The zero-order chi connectivity index (χ0) is 35.6. The molecule has 255 valence electrons. The van der Waals surface area contributed by atoms with Crippen LogP contribution in [-0.4, -0.2) is 5.92 Å². The van der Waals surface area contributed by atoms with Crippen LogP contribution >= 0.6 is 8.51 Å². The van der Waals surface area contributed by atoms with Crippen LogP contribution in [0, 0.1) is 0 Å². The molecule has 0 saturated carbocycles. The van der Waals surface area contributed by atoms with Gasteiger partial charge in [-0.3, -0.25) is 0 Å². The molecule has 0 radical (unpaired) electrons. The van der Waals surface area contributed by atoms with Gasteiger partial charge in [-0.1, -0.05) is 0 Å². The van der Waals surface area contributed by atoms with Crippen LogP contribution in [0.2, 0.25) is 13.1 Å². The number of allylic oxidation sites excluding steroid dienone is 2. The van der Waals surface area contributed by atoms with Gasteiger partial charge in [0.15, 0.2) is 0 Å². The van der Waals surface area contributed by atoms with Crippen LogP contribution in [0.4, 0.5) is 0 Å². The second-order valence-corrected chi connectivity index (χ2v) is 53.7. The molecule has 0 amide bonds. The van der Waals surface area contributed by atoms with Crippen molar-refractivity contribution < 1.29 is 16.7 Å². The van der Waals surface area contributed by atoms with E-state index in [2.05, 4.69) is 191 Å². The van der Waals surface area contributed by atoms with E-state index in [1.165, 1.54) is 82.8 Å². The molecule has 2 atom stereocenters. The van der Waals surface area contributed by atoms with E-state index in [1.807, 2.05) is 0 Å². The van der Waals surface area contributed by atoms with Crippen molar-refractivity contribution in [3.05, 3.63) is 191 Å². The molecule has 9 rings (SSSR count). The Balaban J connectivity index is 1.30. The summed E-state index contributed by atoms with van der Waals surface area (Å²) >= 11 is -4.66. The number of hydrogen-bond acceptors (Lipinski definition) is 0. The molecule has 0 heterocycles. The molecule has 2 unspecified atom stereocenters. The van der Waals surface area contributed by atoms with E-state index >= 15 is 0 Å². The molecule has 3 heteroatoms. The molecule has 0 N–H and O–H groups in total. The fourth-order valence-corrected chi connectivity index (χ4v) is 50.6. The second kappa shape index (κ2) is 12.8. The third-order valence-electron chi connectivity index (χ3n) is 12.7. The van der Waals surface area contributed by atoms with Gasteiger partial charge in [0.05, 0.1) is 0 Å². The first kappa shape index (κ1) is 33.7. The molecule has 0 nitrogen and oxygen atoms in total. The minimum atomic E-state index is -4.66. The summed E-state index contributed by atoms with van der Waals surface area (Å²) in [4.78, 5) is 0. The van der Waals surface area contributed by atoms with Gasteiger partial charge in [-0.2, -0.15) is 0 Å². The first-order valence-electron chi connectivity index (χ1n) is 18.8. The molecule has 0 fully saturated rings. The molecule has 0 spiro atoms. The van der Waals surface area contributed by atoms with Crippen molar-refractivity contribution in [2.75, 3.05) is 0 Å². The van der Waals surface area contributed by atoms with E-state index in [9.17, 15) is 8.51 Å². The topological polar surface area (TPSA) is 0 Å². The van der Waals surface area contributed by atoms with Crippen molar-refractivity contribution in [3.63, 3.8) is 0 Å². The van der Waals surface area contributed by atoms with Crippen molar-refractivity contribution in [2.45, 2.75) is 38.3 Å². The number of rotatable bonds is 7. The van der Waals surface area contributed by atoms with Gasteiger partial charge in [-0.25, -0.2) is 0 Å². The number of benzene rings is 7. The van der Waals surface area contributed by atoms with E-state index in [4.69, 9.17) is 0 Å². The summed E-state index contributed by atoms with van der Waals surface area (Å²) in [6, 6.07) is 56.5. The van der Waals surface area contributed by atoms with E-state index < -0.39 is 22.7 Å². The third kappa shape index (κ3) is 5.02. The molecule has 2 aliphatic carbocycles. The number of hydrogen-bond donors (Lipinski definition) is 0. The monoisotopic (exact) mass is 785 g/mol. The first-order valence-corrected chi connectivity index (χ1v) is 33.7. The molecule has 0 bridgehead atoms. The fraction of sp³-hybridized carbons (Fsp3) is 0.143. The summed E-state index contributed by atoms with van der Waals surface area (Å²) in [6.07, 6.45) is 5.05. The summed E-state index contributed by atoms with van der Waals surface area (Å²) in [5.74, 6) is -1.57. The Morgan fingerprint density at radius 2 is 0.885 bits per heavy atom. The first-order chi connectivity index (χ1) is 25.3. The Hall–Kier alpha value is -4.07. The van der Waals surface area contributed by atoms with E-state index in [0.717, 1.165) is 4.13 Å². The van der Waals surface area contributed by atoms with Gasteiger partial charge in [0, 0.05) is 0 Å². The van der Waals surface area contributed by atoms with Crippen molar-refractivity contribution in [1.82, 2.24) is 0 Å². The van der Waals surface area contributed by atoms with Gasteiger partial charge in [0.2, 0.25) is 0 Å². The molecular weight excluding hydrogens is 743 g/mol. The second-order valence-electron chi connectivity index (χ2n) is 15.7. The van der Waals surface area contributed by atoms with Crippen LogP contribution in [0.15, 0.2) is 163 Å². The third-order valence-corrected chi connectivity index (χ3v) is 63.6. The Morgan fingerprint density at radius 3 is 1.37 bits per heavy atom. The summed E-state index contributed by atoms with van der Waals surface area (Å²) in [6.45, 7) is 9.99. The van der Waals surface area contributed by atoms with E-state index in [-0.39, 0.29) is 7.25 Å². The molecule has 0 aromatic heterocycles. The maximum absolute atomic E-state index is 9.30. The predicted octanol–water partition coefficient (Wildman–Crippen LogP) is 14.0. The van der Waals surface area contributed by atoms with Crippen molar-refractivity contribution in [1.29, 1.82) is 0 Å². The molecular formula is C49H44ClSiZr. The van der Waals surface area contributed by atoms with Gasteiger partial charge in [0.1, 0.15) is 0 Å². The normalized spacial score (nSPS) is 17.5. The maximum atomic E-state index is 9.30. The predicted molar refractivity (Wildman–Crippen MR) is 226 cm³/mol. The zero-order valence-electron chi connectivity index (χ0n) is 30.4. The van der Waals surface area contributed by atoms with Gasteiger partial charge in [-0.15, -0.1) is 0 Å². The molecule has 7 aromatic rings. The Bertz CT molecular complexity index is 2440. The quantitative estimate of drug-likeness (QED) is 0.141. The Labute approximate surface area is 313 Å². The molecule has 2 aliphatic rings. The minimum absolute atomic E-state index is 0.236. The van der Waals surface area contributed by atoms with Crippen LogP contribution in [0.1, 0.15) is 48.9 Å².